The third-order valence-electron chi connectivity index (χ3n) is 2.93. The number of halogens is 1. The number of hydrogen-bond acceptors (Lipinski definition) is 3. The second kappa shape index (κ2) is 8.90. The molecule has 23 heavy (non-hydrogen) atoms. The van der Waals surface area contributed by atoms with E-state index in [1.54, 1.807) is 0 Å². The van der Waals surface area contributed by atoms with E-state index in [0.29, 0.717) is 5.75 Å². The molecule has 118 valence electrons. The Balaban J connectivity index is 1.80. The maximum Gasteiger partial charge on any atom is 0.277 e. The third kappa shape index (κ3) is 6.08. The molecule has 0 saturated carbocycles. The standard InChI is InChI=1S/C18H17BrN2O2/c1-14-7-5-6-10-17(14)23-13-18(22)21-20-12-16(19)11-15-8-3-2-4-9-15/h2-12H,13H2,1H3,(H,21,22)/b16-11-,20-12+. The van der Waals surface area contributed by atoms with Crippen molar-refractivity contribution in [1.29, 1.82) is 0 Å². The van der Waals surface area contributed by atoms with Crippen LogP contribution < -0.4 is 10.2 Å². The molecule has 0 aliphatic heterocycles. The predicted octanol–water partition coefficient (Wildman–Crippen LogP) is 3.91. The van der Waals surface area contributed by atoms with Crippen LogP contribution in [0.3, 0.4) is 0 Å². The quantitative estimate of drug-likeness (QED) is 0.617. The molecule has 0 radical (unpaired) electrons. The van der Waals surface area contributed by atoms with E-state index in [0.717, 1.165) is 15.6 Å². The number of allylic oxidation sites excluding steroid dienone is 1. The minimum atomic E-state index is -0.315. The van der Waals surface area contributed by atoms with Crippen molar-refractivity contribution in [2.45, 2.75) is 6.92 Å². The van der Waals surface area contributed by atoms with E-state index in [-0.39, 0.29) is 12.5 Å². The number of ether oxygens (including phenoxy) is 1. The zero-order valence-corrected chi connectivity index (χ0v) is 14.3. The van der Waals surface area contributed by atoms with Gasteiger partial charge in [-0.05, 0) is 46.1 Å². The summed E-state index contributed by atoms with van der Waals surface area (Å²) < 4.78 is 6.19. The SMILES string of the molecule is Cc1ccccc1OCC(=O)N/N=C/C(Br)=C/c1ccccc1. The van der Waals surface area contributed by atoms with Gasteiger partial charge < -0.3 is 4.74 Å². The van der Waals surface area contributed by atoms with Crippen LogP contribution in [-0.2, 0) is 4.79 Å². The molecule has 0 saturated heterocycles. The van der Waals surface area contributed by atoms with Crippen molar-refractivity contribution in [2.24, 2.45) is 5.10 Å². The van der Waals surface area contributed by atoms with Crippen molar-refractivity contribution in [3.8, 4) is 5.75 Å². The summed E-state index contributed by atoms with van der Waals surface area (Å²) in [5.41, 5.74) is 4.45. The maximum absolute atomic E-state index is 11.7. The van der Waals surface area contributed by atoms with E-state index in [9.17, 15) is 4.79 Å². The van der Waals surface area contributed by atoms with E-state index in [1.165, 1.54) is 6.21 Å². The summed E-state index contributed by atoms with van der Waals surface area (Å²) in [6, 6.07) is 17.3. The Morgan fingerprint density at radius 3 is 2.61 bits per heavy atom. The fraction of sp³-hybridized carbons (Fsp3) is 0.111. The van der Waals surface area contributed by atoms with Crippen LogP contribution in [0.2, 0.25) is 0 Å². The van der Waals surface area contributed by atoms with E-state index in [1.807, 2.05) is 67.6 Å². The van der Waals surface area contributed by atoms with Crippen LogP contribution in [0.4, 0.5) is 0 Å². The summed E-state index contributed by atoms with van der Waals surface area (Å²) >= 11 is 3.38. The number of benzene rings is 2. The second-order valence-electron chi connectivity index (χ2n) is 4.79. The zero-order valence-electron chi connectivity index (χ0n) is 12.7. The molecule has 0 aliphatic carbocycles. The van der Waals surface area contributed by atoms with Crippen LogP contribution >= 0.6 is 15.9 Å². The topological polar surface area (TPSA) is 50.7 Å². The van der Waals surface area contributed by atoms with Crippen molar-refractivity contribution in [2.75, 3.05) is 6.61 Å². The Hall–Kier alpha value is -2.40. The van der Waals surface area contributed by atoms with Gasteiger partial charge >= 0.3 is 0 Å². The van der Waals surface area contributed by atoms with E-state index < -0.39 is 0 Å². The lowest BCUT2D eigenvalue weighted by atomic mass is 10.2. The minimum absolute atomic E-state index is 0.0811. The van der Waals surface area contributed by atoms with E-state index >= 15 is 0 Å². The molecular formula is C18H17BrN2O2. The van der Waals surface area contributed by atoms with Crippen LogP contribution in [0, 0.1) is 6.92 Å². The normalized spacial score (nSPS) is 11.5. The molecule has 2 rings (SSSR count). The molecule has 0 bridgehead atoms. The van der Waals surface area contributed by atoms with Crippen LogP contribution in [0.25, 0.3) is 6.08 Å². The lowest BCUT2D eigenvalue weighted by Crippen LogP contribution is -2.24. The van der Waals surface area contributed by atoms with Crippen molar-refractivity contribution in [3.63, 3.8) is 0 Å². The highest BCUT2D eigenvalue weighted by Crippen LogP contribution is 2.15. The monoisotopic (exact) mass is 372 g/mol. The molecule has 0 heterocycles. The third-order valence-corrected chi connectivity index (χ3v) is 3.37. The first-order valence-electron chi connectivity index (χ1n) is 7.08. The number of carbonyl (C=O) groups excluding carboxylic acids is 1. The molecule has 0 fully saturated rings. The molecular weight excluding hydrogens is 356 g/mol. The fourth-order valence-corrected chi connectivity index (χ4v) is 2.17. The number of carbonyl (C=O) groups is 1. The Labute approximate surface area is 144 Å². The summed E-state index contributed by atoms with van der Waals surface area (Å²) in [6.45, 7) is 1.85. The molecule has 0 atom stereocenters. The number of para-hydroxylation sites is 1. The van der Waals surface area contributed by atoms with Crippen LogP contribution in [-0.4, -0.2) is 18.7 Å². The first-order chi connectivity index (χ1) is 11.1. The highest BCUT2D eigenvalue weighted by atomic mass is 79.9. The second-order valence-corrected chi connectivity index (χ2v) is 5.70. The summed E-state index contributed by atoms with van der Waals surface area (Å²) in [7, 11) is 0. The van der Waals surface area contributed by atoms with Gasteiger partial charge in [-0.2, -0.15) is 5.10 Å². The van der Waals surface area contributed by atoms with Crippen LogP contribution in [0.15, 0.2) is 64.2 Å². The molecule has 0 aliphatic rings. The van der Waals surface area contributed by atoms with Crippen molar-refractivity contribution < 1.29 is 9.53 Å². The number of hydrogen-bond donors (Lipinski definition) is 1. The Bertz CT molecular complexity index is 712. The van der Waals surface area contributed by atoms with Gasteiger partial charge in [-0.25, -0.2) is 5.43 Å². The Kier molecular flexibility index (Phi) is 6.56. The molecule has 4 nitrogen and oxygen atoms in total. The highest BCUT2D eigenvalue weighted by molar-refractivity contribution is 9.12. The van der Waals surface area contributed by atoms with Crippen LogP contribution in [0.5, 0.6) is 5.75 Å². The Morgan fingerprint density at radius 2 is 1.87 bits per heavy atom. The lowest BCUT2D eigenvalue weighted by molar-refractivity contribution is -0.123. The molecule has 1 N–H and O–H groups in total. The van der Waals surface area contributed by atoms with E-state index in [4.69, 9.17) is 4.74 Å². The molecule has 5 heteroatoms. The minimum Gasteiger partial charge on any atom is -0.483 e. The molecule has 2 aromatic rings. The number of amides is 1. The van der Waals surface area contributed by atoms with Gasteiger partial charge in [-0.15, -0.1) is 0 Å². The highest BCUT2D eigenvalue weighted by Gasteiger charge is 2.03. The van der Waals surface area contributed by atoms with Crippen molar-refractivity contribution in [1.82, 2.24) is 5.43 Å². The van der Waals surface area contributed by atoms with Crippen molar-refractivity contribution in [3.05, 3.63) is 70.2 Å². The summed E-state index contributed by atoms with van der Waals surface area (Å²) in [5.74, 6) is 0.376. The van der Waals surface area contributed by atoms with Crippen molar-refractivity contribution >= 4 is 34.1 Å². The van der Waals surface area contributed by atoms with Gasteiger partial charge in [0.15, 0.2) is 6.61 Å². The molecule has 0 unspecified atom stereocenters. The number of nitrogens with one attached hydrogen (secondary N) is 1. The first kappa shape index (κ1) is 17.0. The average molecular weight is 373 g/mol. The molecule has 1 amide bonds. The maximum atomic E-state index is 11.7. The van der Waals surface area contributed by atoms with Gasteiger partial charge in [0.2, 0.25) is 0 Å². The molecule has 2 aromatic carbocycles. The van der Waals surface area contributed by atoms with E-state index in [2.05, 4.69) is 26.5 Å². The van der Waals surface area contributed by atoms with Gasteiger partial charge in [0, 0.05) is 4.48 Å². The van der Waals surface area contributed by atoms with Crippen LogP contribution in [0.1, 0.15) is 11.1 Å². The average Bonchev–Trinajstić information content (AvgIpc) is 2.55. The number of rotatable bonds is 6. The number of hydrazone groups is 1. The van der Waals surface area contributed by atoms with Gasteiger partial charge in [0.25, 0.3) is 5.91 Å². The number of nitrogens with zero attached hydrogens (tertiary/aromatic N) is 1. The van der Waals surface area contributed by atoms with Gasteiger partial charge in [0.05, 0.1) is 6.21 Å². The molecule has 0 aromatic heterocycles. The summed E-state index contributed by atoms with van der Waals surface area (Å²) in [5, 5.41) is 3.88. The van der Waals surface area contributed by atoms with Gasteiger partial charge in [-0.1, -0.05) is 48.5 Å². The predicted molar refractivity (Wildman–Crippen MR) is 96.7 cm³/mol. The number of aryl methyl sites for hydroxylation is 1. The Morgan fingerprint density at radius 1 is 1.17 bits per heavy atom. The smallest absolute Gasteiger partial charge is 0.277 e. The largest absolute Gasteiger partial charge is 0.483 e. The van der Waals surface area contributed by atoms with Gasteiger partial charge in [0.1, 0.15) is 5.75 Å². The fourth-order valence-electron chi connectivity index (χ4n) is 1.81. The zero-order chi connectivity index (χ0) is 16.5. The first-order valence-corrected chi connectivity index (χ1v) is 7.87. The lowest BCUT2D eigenvalue weighted by Gasteiger charge is -2.07. The van der Waals surface area contributed by atoms with Gasteiger partial charge in [-0.3, -0.25) is 4.79 Å². The summed E-state index contributed by atoms with van der Waals surface area (Å²) in [6.07, 6.45) is 3.43. The molecule has 0 spiro atoms. The summed E-state index contributed by atoms with van der Waals surface area (Å²) in [4.78, 5) is 11.7.